The summed E-state index contributed by atoms with van der Waals surface area (Å²) in [7, 11) is 0. The molecule has 0 bridgehead atoms. The summed E-state index contributed by atoms with van der Waals surface area (Å²) in [6, 6.07) is -1.06. The van der Waals surface area contributed by atoms with Gasteiger partial charge in [0.1, 0.15) is 0 Å². The quantitative estimate of drug-likeness (QED) is 0.344. The molecule has 0 aromatic carbocycles. The van der Waals surface area contributed by atoms with E-state index >= 15 is 0 Å². The van der Waals surface area contributed by atoms with Crippen LogP contribution in [0.25, 0.3) is 0 Å². The SMILES string of the molecule is NCC(=O)[C@H](N)[C@@H](O)CO. The van der Waals surface area contributed by atoms with E-state index in [1.807, 2.05) is 0 Å². The minimum absolute atomic E-state index is 0.210. The van der Waals surface area contributed by atoms with Crippen LogP contribution in [0.1, 0.15) is 0 Å². The van der Waals surface area contributed by atoms with Crippen LogP contribution in [0.2, 0.25) is 0 Å². The minimum Gasteiger partial charge on any atom is -0.394 e. The second kappa shape index (κ2) is 4.35. The molecule has 0 radical (unpaired) electrons. The van der Waals surface area contributed by atoms with Crippen molar-refractivity contribution in [1.82, 2.24) is 0 Å². The van der Waals surface area contributed by atoms with E-state index in [-0.39, 0.29) is 6.54 Å². The van der Waals surface area contributed by atoms with Gasteiger partial charge >= 0.3 is 0 Å². The van der Waals surface area contributed by atoms with E-state index in [9.17, 15) is 4.79 Å². The van der Waals surface area contributed by atoms with E-state index in [0.29, 0.717) is 0 Å². The molecule has 0 saturated heterocycles. The molecule has 0 aromatic rings. The highest BCUT2D eigenvalue weighted by Gasteiger charge is 2.19. The maximum absolute atomic E-state index is 10.6. The third kappa shape index (κ3) is 2.40. The van der Waals surface area contributed by atoms with Gasteiger partial charge in [-0.2, -0.15) is 0 Å². The summed E-state index contributed by atoms with van der Waals surface area (Å²) in [5.74, 6) is -0.457. The van der Waals surface area contributed by atoms with Gasteiger partial charge in [-0.15, -0.1) is 0 Å². The zero-order valence-corrected chi connectivity index (χ0v) is 5.53. The van der Waals surface area contributed by atoms with Crippen molar-refractivity contribution in [1.29, 1.82) is 0 Å². The molecule has 6 N–H and O–H groups in total. The number of aliphatic hydroxyl groups is 2. The summed E-state index contributed by atoms with van der Waals surface area (Å²) in [6.07, 6.45) is -1.20. The summed E-state index contributed by atoms with van der Waals surface area (Å²) in [5.41, 5.74) is 10.1. The first-order chi connectivity index (χ1) is 4.63. The lowest BCUT2D eigenvalue weighted by atomic mass is 10.1. The van der Waals surface area contributed by atoms with Gasteiger partial charge in [-0.3, -0.25) is 4.79 Å². The lowest BCUT2D eigenvalue weighted by molar-refractivity contribution is -0.121. The van der Waals surface area contributed by atoms with Gasteiger partial charge in [0.05, 0.1) is 25.3 Å². The Hall–Kier alpha value is -0.490. The molecule has 0 aliphatic carbocycles. The molecule has 0 spiro atoms. The lowest BCUT2D eigenvalue weighted by Crippen LogP contribution is -2.46. The molecule has 0 heterocycles. The molecular formula is C5H12N2O3. The number of rotatable bonds is 4. The molecular weight excluding hydrogens is 136 g/mol. The number of Topliss-reactive ketones (excluding diaryl/α,β-unsaturated/α-hetero) is 1. The smallest absolute Gasteiger partial charge is 0.165 e. The zero-order chi connectivity index (χ0) is 8.15. The van der Waals surface area contributed by atoms with Crippen molar-refractivity contribution in [2.75, 3.05) is 13.2 Å². The van der Waals surface area contributed by atoms with Gasteiger partial charge in [0.25, 0.3) is 0 Å². The van der Waals surface area contributed by atoms with Gasteiger partial charge in [0.2, 0.25) is 0 Å². The number of ketones is 1. The van der Waals surface area contributed by atoms with Gasteiger partial charge in [0, 0.05) is 0 Å². The minimum atomic E-state index is -1.20. The molecule has 2 atom stereocenters. The normalized spacial score (nSPS) is 16.4. The Kier molecular flexibility index (Phi) is 4.13. The number of carbonyl (C=O) groups excluding carboxylic acids is 1. The van der Waals surface area contributed by atoms with Crippen LogP contribution in [0.4, 0.5) is 0 Å². The number of hydrogen-bond donors (Lipinski definition) is 4. The van der Waals surface area contributed by atoms with Crippen LogP contribution in [0.3, 0.4) is 0 Å². The Bertz CT molecular complexity index is 117. The Morgan fingerprint density at radius 2 is 2.10 bits per heavy atom. The van der Waals surface area contributed by atoms with E-state index in [2.05, 4.69) is 0 Å². The maximum Gasteiger partial charge on any atom is 0.165 e. The van der Waals surface area contributed by atoms with Crippen molar-refractivity contribution < 1.29 is 15.0 Å². The first-order valence-electron chi connectivity index (χ1n) is 2.90. The van der Waals surface area contributed by atoms with Gasteiger partial charge < -0.3 is 21.7 Å². The monoisotopic (exact) mass is 148 g/mol. The number of hydrogen-bond acceptors (Lipinski definition) is 5. The van der Waals surface area contributed by atoms with Gasteiger partial charge in [0.15, 0.2) is 5.78 Å². The van der Waals surface area contributed by atoms with Crippen molar-refractivity contribution in [3.63, 3.8) is 0 Å². The van der Waals surface area contributed by atoms with Crippen LogP contribution in [0.5, 0.6) is 0 Å². The van der Waals surface area contributed by atoms with Crippen molar-refractivity contribution in [2.24, 2.45) is 11.5 Å². The Morgan fingerprint density at radius 1 is 1.60 bits per heavy atom. The predicted molar refractivity (Wildman–Crippen MR) is 35.1 cm³/mol. The molecule has 10 heavy (non-hydrogen) atoms. The van der Waals surface area contributed by atoms with Gasteiger partial charge in [-0.1, -0.05) is 0 Å². The molecule has 0 aliphatic rings. The van der Waals surface area contributed by atoms with E-state index in [4.69, 9.17) is 21.7 Å². The highest BCUT2D eigenvalue weighted by Crippen LogP contribution is 1.88. The van der Waals surface area contributed by atoms with Crippen LogP contribution in [0, 0.1) is 0 Å². The molecule has 0 rings (SSSR count). The van der Waals surface area contributed by atoms with Crippen LogP contribution in [-0.4, -0.2) is 41.3 Å². The fourth-order valence-corrected chi connectivity index (χ4v) is 0.464. The average molecular weight is 148 g/mol. The number of nitrogens with two attached hydrogens (primary N) is 2. The summed E-state index contributed by atoms with van der Waals surface area (Å²) in [4.78, 5) is 10.6. The Morgan fingerprint density at radius 3 is 2.40 bits per heavy atom. The van der Waals surface area contributed by atoms with Gasteiger partial charge in [-0.05, 0) is 0 Å². The number of aliphatic hydroxyl groups excluding tert-OH is 2. The largest absolute Gasteiger partial charge is 0.394 e. The van der Waals surface area contributed by atoms with E-state index in [1.165, 1.54) is 0 Å². The molecule has 0 aliphatic heterocycles. The molecule has 0 unspecified atom stereocenters. The third-order valence-electron chi connectivity index (χ3n) is 1.17. The van der Waals surface area contributed by atoms with E-state index in [1.54, 1.807) is 0 Å². The fraction of sp³-hybridized carbons (Fsp3) is 0.800. The maximum atomic E-state index is 10.6. The summed E-state index contributed by atoms with van der Waals surface area (Å²) < 4.78 is 0. The van der Waals surface area contributed by atoms with Crippen LogP contribution >= 0.6 is 0 Å². The summed E-state index contributed by atoms with van der Waals surface area (Å²) in [5, 5.41) is 17.1. The van der Waals surface area contributed by atoms with Crippen molar-refractivity contribution in [3.8, 4) is 0 Å². The zero-order valence-electron chi connectivity index (χ0n) is 5.53. The molecule has 5 heteroatoms. The predicted octanol–water partition coefficient (Wildman–Crippen LogP) is -2.81. The average Bonchev–Trinajstić information content (AvgIpc) is 2.00. The molecule has 0 amide bonds. The highest BCUT2D eigenvalue weighted by atomic mass is 16.3. The topological polar surface area (TPSA) is 110 Å². The molecule has 60 valence electrons. The van der Waals surface area contributed by atoms with Crippen molar-refractivity contribution in [3.05, 3.63) is 0 Å². The second-order valence-electron chi connectivity index (χ2n) is 1.95. The summed E-state index contributed by atoms with van der Waals surface area (Å²) >= 11 is 0. The third-order valence-corrected chi connectivity index (χ3v) is 1.17. The second-order valence-corrected chi connectivity index (χ2v) is 1.95. The standard InChI is InChI=1S/C5H12N2O3/c6-1-3(9)5(7)4(10)2-8/h4-5,8,10H,1-2,6-7H2/t4-,5-/m0/s1. The first-order valence-corrected chi connectivity index (χ1v) is 2.90. The van der Waals surface area contributed by atoms with Crippen LogP contribution in [0.15, 0.2) is 0 Å². The van der Waals surface area contributed by atoms with Crippen molar-refractivity contribution in [2.45, 2.75) is 12.1 Å². The van der Waals surface area contributed by atoms with Gasteiger partial charge in [-0.25, -0.2) is 0 Å². The highest BCUT2D eigenvalue weighted by molar-refractivity contribution is 5.86. The Balaban J connectivity index is 3.81. The molecule has 0 saturated carbocycles. The van der Waals surface area contributed by atoms with Crippen LogP contribution in [-0.2, 0) is 4.79 Å². The first kappa shape index (κ1) is 9.51. The summed E-state index contributed by atoms with van der Waals surface area (Å²) in [6.45, 7) is -0.731. The van der Waals surface area contributed by atoms with Crippen LogP contribution < -0.4 is 11.5 Å². The lowest BCUT2D eigenvalue weighted by Gasteiger charge is -2.13. The molecule has 0 fully saturated rings. The fourth-order valence-electron chi connectivity index (χ4n) is 0.464. The van der Waals surface area contributed by atoms with E-state index in [0.717, 1.165) is 0 Å². The number of carbonyl (C=O) groups is 1. The van der Waals surface area contributed by atoms with Crippen molar-refractivity contribution >= 4 is 5.78 Å². The van der Waals surface area contributed by atoms with E-state index < -0.39 is 24.5 Å². The molecule has 0 aromatic heterocycles. The Labute approximate surface area is 58.6 Å². The molecule has 5 nitrogen and oxygen atoms in total.